The van der Waals surface area contributed by atoms with Crippen molar-refractivity contribution >= 4 is 24.1 Å². The minimum absolute atomic E-state index is 0.0726. The number of carbonyl (C=O) groups excluding carboxylic acids is 1. The molecule has 0 N–H and O–H groups in total. The highest BCUT2D eigenvalue weighted by atomic mass is 32.2. The van der Waals surface area contributed by atoms with Gasteiger partial charge in [-0.2, -0.15) is 0 Å². The lowest BCUT2D eigenvalue weighted by molar-refractivity contribution is -0.152. The van der Waals surface area contributed by atoms with E-state index in [0.717, 1.165) is 63.1 Å². The van der Waals surface area contributed by atoms with Gasteiger partial charge in [-0.1, -0.05) is 52.3 Å². The van der Waals surface area contributed by atoms with Crippen molar-refractivity contribution < 1.29 is 22.4 Å². The fourth-order valence-electron chi connectivity index (χ4n) is 8.06. The molecule has 5 nitrogen and oxygen atoms in total. The molecule has 5 atom stereocenters. The molecule has 1 aromatic rings. The Morgan fingerprint density at radius 3 is 2.28 bits per heavy atom. The number of hydrogen-bond donors (Lipinski definition) is 0. The second-order valence-corrected chi connectivity index (χ2v) is 19.8. The summed E-state index contributed by atoms with van der Waals surface area (Å²) in [5.41, 5.74) is -0.391. The highest BCUT2D eigenvalue weighted by Gasteiger charge is 2.57. The zero-order chi connectivity index (χ0) is 28.9. The fraction of sp³-hybridized carbons (Fsp3) is 0.781. The molecule has 7 heteroatoms. The van der Waals surface area contributed by atoms with Gasteiger partial charge in [0.25, 0.3) is 0 Å². The lowest BCUT2D eigenvalue weighted by Gasteiger charge is -2.46. The van der Waals surface area contributed by atoms with Crippen LogP contribution in [0.3, 0.4) is 0 Å². The molecule has 0 heterocycles. The van der Waals surface area contributed by atoms with Crippen molar-refractivity contribution in [2.75, 3.05) is 6.61 Å². The molecule has 1 aromatic carbocycles. The first-order chi connectivity index (χ1) is 18.4. The van der Waals surface area contributed by atoms with Crippen molar-refractivity contribution in [3.8, 4) is 0 Å². The molecule has 0 aromatic heterocycles. The lowest BCUT2D eigenvalue weighted by atomic mass is 9.61. The summed E-state index contributed by atoms with van der Waals surface area (Å²) in [5.74, 6) is -0.0758. The van der Waals surface area contributed by atoms with Gasteiger partial charge in [0.1, 0.15) is 0 Å². The van der Waals surface area contributed by atoms with E-state index in [9.17, 15) is 13.2 Å². The van der Waals surface area contributed by atoms with Crippen molar-refractivity contribution in [2.24, 2.45) is 23.2 Å². The van der Waals surface area contributed by atoms with Crippen molar-refractivity contribution in [3.63, 3.8) is 0 Å². The van der Waals surface area contributed by atoms with Crippen molar-refractivity contribution in [1.29, 1.82) is 0 Å². The number of ether oxygens (including phenoxy) is 1. The Balaban J connectivity index is 1.79. The van der Waals surface area contributed by atoms with E-state index >= 15 is 0 Å². The molecular weight excluding hydrogens is 525 g/mol. The maximum atomic E-state index is 13.8. The molecule has 0 unspecified atom stereocenters. The summed E-state index contributed by atoms with van der Waals surface area (Å²) in [4.78, 5) is 13.8. The zero-order valence-electron chi connectivity index (χ0n) is 25.6. The summed E-state index contributed by atoms with van der Waals surface area (Å²) >= 11 is 0. The minimum atomic E-state index is -3.42. The Morgan fingerprint density at radius 1 is 1.05 bits per heavy atom. The quantitative estimate of drug-likeness (QED) is 0.164. The normalized spacial score (nSPS) is 26.7. The average Bonchev–Trinajstić information content (AvgIpc) is 3.27. The van der Waals surface area contributed by atoms with E-state index in [1.54, 1.807) is 12.1 Å². The second-order valence-electron chi connectivity index (χ2n) is 12.9. The zero-order valence-corrected chi connectivity index (χ0v) is 27.4. The van der Waals surface area contributed by atoms with Gasteiger partial charge < -0.3 is 9.16 Å². The third-order valence-corrected chi connectivity index (χ3v) is 17.5. The van der Waals surface area contributed by atoms with Crippen molar-refractivity contribution in [1.82, 2.24) is 0 Å². The topological polar surface area (TPSA) is 69.7 Å². The van der Waals surface area contributed by atoms with E-state index in [4.69, 9.17) is 9.16 Å². The third-order valence-electron chi connectivity index (χ3n) is 10.4. The van der Waals surface area contributed by atoms with E-state index in [1.807, 2.05) is 25.1 Å². The van der Waals surface area contributed by atoms with E-state index in [2.05, 4.69) is 41.5 Å². The second kappa shape index (κ2) is 13.2. The Bertz CT molecular complexity index is 1030. The maximum absolute atomic E-state index is 13.8. The molecule has 0 spiro atoms. The summed E-state index contributed by atoms with van der Waals surface area (Å²) in [6, 6.07) is 12.3. The number of rotatable bonds is 14. The van der Waals surface area contributed by atoms with Crippen LogP contribution >= 0.6 is 0 Å². The van der Waals surface area contributed by atoms with Gasteiger partial charge in [0.2, 0.25) is 0 Å². The van der Waals surface area contributed by atoms with Crippen LogP contribution in [0.15, 0.2) is 35.2 Å². The van der Waals surface area contributed by atoms with Crippen LogP contribution in [0.2, 0.25) is 18.1 Å². The van der Waals surface area contributed by atoms with Gasteiger partial charge >= 0.3 is 5.97 Å². The number of sulfone groups is 1. The van der Waals surface area contributed by atoms with Gasteiger partial charge in [-0.25, -0.2) is 8.42 Å². The van der Waals surface area contributed by atoms with Crippen LogP contribution in [0, 0.1) is 23.2 Å². The van der Waals surface area contributed by atoms with Gasteiger partial charge in [0, 0.05) is 0 Å². The van der Waals surface area contributed by atoms with Crippen molar-refractivity contribution in [2.45, 2.75) is 134 Å². The third kappa shape index (κ3) is 7.01. The van der Waals surface area contributed by atoms with Gasteiger partial charge in [0.05, 0.1) is 28.3 Å². The summed E-state index contributed by atoms with van der Waals surface area (Å²) in [5, 5.41) is -0.381. The van der Waals surface area contributed by atoms with Gasteiger partial charge in [-0.15, -0.1) is 0 Å². The predicted octanol–water partition coefficient (Wildman–Crippen LogP) is 8.20. The summed E-state index contributed by atoms with van der Waals surface area (Å²) in [7, 11) is -5.15. The molecule has 0 aliphatic heterocycles. The van der Waals surface area contributed by atoms with Crippen LogP contribution in [-0.2, 0) is 23.8 Å². The molecule has 2 fully saturated rings. The molecule has 222 valence electrons. The van der Waals surface area contributed by atoms with Crippen LogP contribution < -0.4 is 0 Å². The number of esters is 1. The molecular formula is C32H54O5SSi. The van der Waals surface area contributed by atoms with Crippen LogP contribution in [0.4, 0.5) is 0 Å². The van der Waals surface area contributed by atoms with Gasteiger partial charge in [-0.05, 0) is 113 Å². The molecule has 39 heavy (non-hydrogen) atoms. The molecule has 0 saturated heterocycles. The monoisotopic (exact) mass is 578 g/mol. The summed E-state index contributed by atoms with van der Waals surface area (Å²) in [6.07, 6.45) is 6.91. The Hall–Kier alpha value is -1.18. The lowest BCUT2D eigenvalue weighted by Crippen LogP contribution is -2.46. The standard InChI is InChI=1S/C32H54O5SSi/c1-8-36-30(33)26(19-15-23-31(5,6)37-39(9-2,10-3)11-4)27-21-22-28-29(20-16-24-32(27,28)7)38(34,35)25-17-13-12-14-18-25/h12-14,17-18,26-29H,8-11,15-16,19-24H2,1-7H3/t26-,27-,28+,29-,32-/m0/s1. The number of hydrogen-bond acceptors (Lipinski definition) is 5. The molecule has 2 aliphatic carbocycles. The fourth-order valence-corrected chi connectivity index (χ4v) is 13.5. The Morgan fingerprint density at radius 2 is 1.69 bits per heavy atom. The molecule has 0 amide bonds. The van der Waals surface area contributed by atoms with Crippen molar-refractivity contribution in [3.05, 3.63) is 30.3 Å². The molecule has 2 saturated carbocycles. The molecule has 0 radical (unpaired) electrons. The predicted molar refractivity (Wildman–Crippen MR) is 162 cm³/mol. The summed E-state index contributed by atoms with van der Waals surface area (Å²) < 4.78 is 40.0. The van der Waals surface area contributed by atoms with Gasteiger partial charge in [0.15, 0.2) is 18.2 Å². The highest BCUT2D eigenvalue weighted by molar-refractivity contribution is 7.92. The molecule has 0 bridgehead atoms. The highest BCUT2D eigenvalue weighted by Crippen LogP contribution is 2.60. The largest absolute Gasteiger partial charge is 0.466 e. The van der Waals surface area contributed by atoms with Crippen LogP contribution in [-0.4, -0.2) is 40.2 Å². The first-order valence-electron chi connectivity index (χ1n) is 15.6. The number of benzene rings is 1. The first-order valence-corrected chi connectivity index (χ1v) is 19.6. The molecule has 2 aliphatic rings. The Labute approximate surface area is 239 Å². The summed E-state index contributed by atoms with van der Waals surface area (Å²) in [6.45, 7) is 15.7. The van der Waals surface area contributed by atoms with E-state index in [-0.39, 0.29) is 40.0 Å². The number of carbonyl (C=O) groups is 1. The first kappa shape index (κ1) is 32.3. The Kier molecular flexibility index (Phi) is 10.9. The SMILES string of the molecule is CCOC(=O)[C@@H](CCCC(C)(C)O[Si](CC)(CC)CC)[C@@H]1CC[C@@H]2[C@@H](S(=O)(=O)c3ccccc3)CCC[C@]21C. The van der Waals surface area contributed by atoms with Gasteiger partial charge in [-0.3, -0.25) is 4.79 Å². The van der Waals surface area contributed by atoms with Crippen LogP contribution in [0.5, 0.6) is 0 Å². The van der Waals surface area contributed by atoms with E-state index in [0.29, 0.717) is 17.9 Å². The molecule has 3 rings (SSSR count). The maximum Gasteiger partial charge on any atom is 0.309 e. The van der Waals surface area contributed by atoms with Crippen LogP contribution in [0.25, 0.3) is 0 Å². The number of fused-ring (bicyclic) bond motifs is 1. The van der Waals surface area contributed by atoms with E-state index in [1.165, 1.54) is 0 Å². The van der Waals surface area contributed by atoms with E-state index < -0.39 is 18.2 Å². The average molecular weight is 579 g/mol. The minimum Gasteiger partial charge on any atom is -0.466 e. The van der Waals surface area contributed by atoms with Crippen LogP contribution in [0.1, 0.15) is 99.8 Å². The smallest absolute Gasteiger partial charge is 0.309 e.